The number of carboxylic acid groups (broad SMARTS) is 1. The fourth-order valence-electron chi connectivity index (χ4n) is 3.93. The number of aliphatic carboxylic acids is 1. The molecule has 0 unspecified atom stereocenters. The largest absolute Gasteiger partial charge is 0.480 e. The Kier molecular flexibility index (Phi) is 7.76. The molecule has 3 aromatic rings. The number of carbonyl (C=O) groups is 2. The highest BCUT2D eigenvalue weighted by Gasteiger charge is 2.25. The lowest BCUT2D eigenvalue weighted by atomic mass is 9.98. The smallest absolute Gasteiger partial charge is 0.340 e. The number of hydrogen-bond acceptors (Lipinski definition) is 5. The third-order valence-electron chi connectivity index (χ3n) is 5.87. The molecule has 180 valence electrons. The molecule has 7 nitrogen and oxygen atoms in total. The van der Waals surface area contributed by atoms with E-state index in [2.05, 4.69) is 5.32 Å². The Morgan fingerprint density at radius 2 is 1.71 bits per heavy atom. The van der Waals surface area contributed by atoms with Crippen LogP contribution in [0.2, 0.25) is 0 Å². The highest BCUT2D eigenvalue weighted by Crippen LogP contribution is 2.30. The SMILES string of the molecule is Cc1c(Cc2ccccc2)c(=O)oc2c(C)c(O[C@@H](C)C(=O)N[C@@H](CC(C)C)C(=O)O)ccc12. The molecule has 2 aromatic carbocycles. The lowest BCUT2D eigenvalue weighted by Crippen LogP contribution is -2.46. The predicted octanol–water partition coefficient (Wildman–Crippen LogP) is 4.38. The summed E-state index contributed by atoms with van der Waals surface area (Å²) in [6.45, 7) is 9.00. The van der Waals surface area contributed by atoms with Crippen LogP contribution in [0, 0.1) is 19.8 Å². The Morgan fingerprint density at radius 3 is 2.32 bits per heavy atom. The van der Waals surface area contributed by atoms with Crippen molar-refractivity contribution < 1.29 is 23.8 Å². The molecule has 0 radical (unpaired) electrons. The van der Waals surface area contributed by atoms with Gasteiger partial charge in [-0.05, 0) is 56.4 Å². The minimum atomic E-state index is -1.08. The van der Waals surface area contributed by atoms with E-state index in [1.165, 1.54) is 0 Å². The number of amides is 1. The first-order chi connectivity index (χ1) is 16.1. The van der Waals surface area contributed by atoms with Crippen molar-refractivity contribution in [3.63, 3.8) is 0 Å². The lowest BCUT2D eigenvalue weighted by Gasteiger charge is -2.21. The first-order valence-corrected chi connectivity index (χ1v) is 11.4. The van der Waals surface area contributed by atoms with E-state index in [1.807, 2.05) is 57.2 Å². The van der Waals surface area contributed by atoms with Gasteiger partial charge in [-0.1, -0.05) is 44.2 Å². The molecule has 0 aliphatic heterocycles. The number of nitrogens with one attached hydrogen (secondary N) is 1. The van der Waals surface area contributed by atoms with E-state index in [4.69, 9.17) is 9.15 Å². The Bertz CT molecular complexity index is 1250. The van der Waals surface area contributed by atoms with E-state index in [1.54, 1.807) is 19.9 Å². The van der Waals surface area contributed by atoms with Crippen molar-refractivity contribution in [1.82, 2.24) is 5.32 Å². The Balaban J connectivity index is 1.85. The van der Waals surface area contributed by atoms with Gasteiger partial charge in [-0.15, -0.1) is 0 Å². The second-order valence-corrected chi connectivity index (χ2v) is 9.01. The molecule has 1 amide bonds. The summed E-state index contributed by atoms with van der Waals surface area (Å²) in [6, 6.07) is 12.3. The zero-order valence-corrected chi connectivity index (χ0v) is 20.2. The molecule has 1 heterocycles. The first-order valence-electron chi connectivity index (χ1n) is 11.4. The molecular formula is C27H31NO6. The highest BCUT2D eigenvalue weighted by atomic mass is 16.5. The van der Waals surface area contributed by atoms with E-state index >= 15 is 0 Å². The van der Waals surface area contributed by atoms with E-state index in [9.17, 15) is 19.5 Å². The van der Waals surface area contributed by atoms with Crippen LogP contribution in [0.15, 0.2) is 51.7 Å². The van der Waals surface area contributed by atoms with Crippen molar-refractivity contribution in [1.29, 1.82) is 0 Å². The Labute approximate surface area is 198 Å². The second kappa shape index (κ2) is 10.5. The van der Waals surface area contributed by atoms with E-state index in [0.717, 1.165) is 16.5 Å². The Morgan fingerprint density at radius 1 is 1.03 bits per heavy atom. The molecule has 2 atom stereocenters. The molecule has 34 heavy (non-hydrogen) atoms. The van der Waals surface area contributed by atoms with Gasteiger partial charge in [-0.2, -0.15) is 0 Å². The van der Waals surface area contributed by atoms with Crippen LogP contribution in [0.4, 0.5) is 0 Å². The molecule has 0 saturated carbocycles. The van der Waals surface area contributed by atoms with Gasteiger partial charge in [0.05, 0.1) is 0 Å². The number of benzene rings is 2. The van der Waals surface area contributed by atoms with Crippen LogP contribution in [-0.2, 0) is 16.0 Å². The molecule has 2 N–H and O–H groups in total. The quantitative estimate of drug-likeness (QED) is 0.454. The van der Waals surface area contributed by atoms with Crippen molar-refractivity contribution in [2.75, 3.05) is 0 Å². The zero-order valence-electron chi connectivity index (χ0n) is 20.2. The number of aryl methyl sites for hydroxylation is 2. The average molecular weight is 466 g/mol. The van der Waals surface area contributed by atoms with Crippen LogP contribution in [0.25, 0.3) is 11.0 Å². The van der Waals surface area contributed by atoms with Gasteiger partial charge in [-0.3, -0.25) is 4.79 Å². The molecule has 3 rings (SSSR count). The van der Waals surface area contributed by atoms with Gasteiger partial charge in [0.15, 0.2) is 6.10 Å². The van der Waals surface area contributed by atoms with Crippen molar-refractivity contribution in [3.05, 3.63) is 75.1 Å². The number of carboxylic acids is 1. The highest BCUT2D eigenvalue weighted by molar-refractivity contribution is 5.87. The molecule has 7 heteroatoms. The fraction of sp³-hybridized carbons (Fsp3) is 0.370. The third-order valence-corrected chi connectivity index (χ3v) is 5.87. The summed E-state index contributed by atoms with van der Waals surface area (Å²) in [5.74, 6) is -1.11. The van der Waals surface area contributed by atoms with Crippen LogP contribution in [0.3, 0.4) is 0 Å². The maximum Gasteiger partial charge on any atom is 0.340 e. The van der Waals surface area contributed by atoms with E-state index in [-0.39, 0.29) is 5.92 Å². The zero-order chi connectivity index (χ0) is 25.0. The fourth-order valence-corrected chi connectivity index (χ4v) is 3.93. The van der Waals surface area contributed by atoms with Gasteiger partial charge in [-0.25, -0.2) is 9.59 Å². The van der Waals surface area contributed by atoms with Gasteiger partial charge >= 0.3 is 11.6 Å². The molecule has 0 bridgehead atoms. The minimum Gasteiger partial charge on any atom is -0.480 e. The van der Waals surface area contributed by atoms with Crippen molar-refractivity contribution in [2.45, 2.75) is 59.6 Å². The van der Waals surface area contributed by atoms with Crippen molar-refractivity contribution >= 4 is 22.8 Å². The third kappa shape index (κ3) is 5.65. The summed E-state index contributed by atoms with van der Waals surface area (Å²) in [4.78, 5) is 36.8. The standard InChI is InChI=1S/C27H31NO6/c1-15(2)13-22(26(30)31)28-25(29)18(5)33-23-12-11-20-16(3)21(14-19-9-7-6-8-10-19)27(32)34-24(20)17(23)4/h6-12,15,18,22H,13-14H2,1-5H3,(H,28,29)(H,30,31)/t18-,22-/m0/s1. The topological polar surface area (TPSA) is 106 Å². The van der Waals surface area contributed by atoms with Crippen molar-refractivity contribution in [2.24, 2.45) is 5.92 Å². The van der Waals surface area contributed by atoms with E-state index < -0.39 is 29.6 Å². The van der Waals surface area contributed by atoms with Crippen molar-refractivity contribution in [3.8, 4) is 5.75 Å². The number of rotatable bonds is 9. The maximum absolute atomic E-state index is 12.8. The van der Waals surface area contributed by atoms with Crippen LogP contribution in [-0.4, -0.2) is 29.1 Å². The second-order valence-electron chi connectivity index (χ2n) is 9.01. The number of hydrogen-bond donors (Lipinski definition) is 2. The van der Waals surface area contributed by atoms with Gasteiger partial charge < -0.3 is 19.6 Å². The van der Waals surface area contributed by atoms with Gasteiger partial charge in [0.1, 0.15) is 17.4 Å². The monoisotopic (exact) mass is 465 g/mol. The summed E-state index contributed by atoms with van der Waals surface area (Å²) in [6.07, 6.45) is -0.144. The van der Waals surface area contributed by atoms with Gasteiger partial charge in [0.25, 0.3) is 5.91 Å². The molecule has 0 spiro atoms. The summed E-state index contributed by atoms with van der Waals surface area (Å²) in [7, 11) is 0. The maximum atomic E-state index is 12.8. The molecule has 1 aromatic heterocycles. The molecular weight excluding hydrogens is 434 g/mol. The van der Waals surface area contributed by atoms with Gasteiger partial charge in [0.2, 0.25) is 0 Å². The summed E-state index contributed by atoms with van der Waals surface area (Å²) in [5, 5.41) is 12.7. The summed E-state index contributed by atoms with van der Waals surface area (Å²) in [5.41, 5.74) is 3.06. The van der Waals surface area contributed by atoms with Crippen LogP contribution < -0.4 is 15.7 Å². The first kappa shape index (κ1) is 25.0. The molecule has 0 aliphatic carbocycles. The molecule has 0 aliphatic rings. The molecule has 0 fully saturated rings. The number of fused-ring (bicyclic) bond motifs is 1. The van der Waals surface area contributed by atoms with E-state index in [0.29, 0.717) is 35.3 Å². The summed E-state index contributed by atoms with van der Waals surface area (Å²) < 4.78 is 11.5. The van der Waals surface area contributed by atoms with Crippen LogP contribution in [0.1, 0.15) is 49.4 Å². The lowest BCUT2D eigenvalue weighted by molar-refractivity contribution is -0.143. The normalized spacial score (nSPS) is 13.0. The minimum absolute atomic E-state index is 0.110. The predicted molar refractivity (Wildman–Crippen MR) is 130 cm³/mol. The number of carbonyl (C=O) groups excluding carboxylic acids is 1. The number of ether oxygens (including phenoxy) is 1. The van der Waals surface area contributed by atoms with Crippen LogP contribution >= 0.6 is 0 Å². The van der Waals surface area contributed by atoms with Crippen LogP contribution in [0.5, 0.6) is 5.75 Å². The summed E-state index contributed by atoms with van der Waals surface area (Å²) >= 11 is 0. The molecule has 0 saturated heterocycles. The average Bonchev–Trinajstić information content (AvgIpc) is 2.78. The van der Waals surface area contributed by atoms with Gasteiger partial charge in [0, 0.05) is 22.9 Å². The Hall–Kier alpha value is -3.61.